The molecule has 1 atom stereocenters. The number of hydrogen-bond acceptors (Lipinski definition) is 3. The lowest BCUT2D eigenvalue weighted by molar-refractivity contribution is 0.407. The molecule has 3 aromatic carbocycles. The van der Waals surface area contributed by atoms with Gasteiger partial charge in [0.15, 0.2) is 7.14 Å². The van der Waals surface area contributed by atoms with Crippen LogP contribution >= 0.6 is 7.14 Å². The van der Waals surface area contributed by atoms with Gasteiger partial charge in [-0.2, -0.15) is 0 Å². The van der Waals surface area contributed by atoms with Crippen LogP contribution in [0.25, 0.3) is 11.1 Å². The zero-order valence-corrected chi connectivity index (χ0v) is 14.4. The molecule has 1 aliphatic heterocycles. The molecule has 4 rings (SSSR count). The van der Waals surface area contributed by atoms with E-state index in [9.17, 15) is 4.57 Å². The highest BCUT2D eigenvalue weighted by atomic mass is 31.2. The van der Waals surface area contributed by atoms with Crippen LogP contribution in [-0.4, -0.2) is 14.2 Å². The molecule has 0 radical (unpaired) electrons. The first-order valence-corrected chi connectivity index (χ1v) is 9.43. The van der Waals surface area contributed by atoms with Crippen molar-refractivity contribution in [1.29, 1.82) is 0 Å². The Kier molecular flexibility index (Phi) is 3.47. The van der Waals surface area contributed by atoms with Gasteiger partial charge in [-0.3, -0.25) is 0 Å². The van der Waals surface area contributed by atoms with Crippen molar-refractivity contribution in [2.45, 2.75) is 0 Å². The summed E-state index contributed by atoms with van der Waals surface area (Å²) in [6.07, 6.45) is 0. The van der Waals surface area contributed by atoms with Gasteiger partial charge in [0.1, 0.15) is 11.5 Å². The Balaban J connectivity index is 2.18. The lowest BCUT2D eigenvalue weighted by atomic mass is 10.0. The van der Waals surface area contributed by atoms with Gasteiger partial charge in [0.25, 0.3) is 0 Å². The molecule has 3 nitrogen and oxygen atoms in total. The molecule has 0 saturated heterocycles. The van der Waals surface area contributed by atoms with Crippen LogP contribution in [0.2, 0.25) is 0 Å². The number of benzene rings is 3. The number of fused-ring (bicyclic) bond motifs is 3. The standard InChI is InChI=1S/C20H17O3P/c1-22-16-12-13-17(23-2)20-19(16)15-10-6-7-11-18(15)24(20,21)14-8-4-3-5-9-14/h3-13H,1-2H3. The maximum absolute atomic E-state index is 14.4. The molecule has 24 heavy (non-hydrogen) atoms. The molecular weight excluding hydrogens is 319 g/mol. The van der Waals surface area contributed by atoms with E-state index in [-0.39, 0.29) is 0 Å². The van der Waals surface area contributed by atoms with Gasteiger partial charge in [-0.1, -0.05) is 54.6 Å². The second kappa shape index (κ2) is 5.54. The molecule has 0 amide bonds. The second-order valence-corrected chi connectivity index (χ2v) is 8.32. The van der Waals surface area contributed by atoms with Crippen LogP contribution in [0, 0.1) is 0 Å². The molecule has 1 aliphatic rings. The predicted octanol–water partition coefficient (Wildman–Crippen LogP) is 3.32. The quantitative estimate of drug-likeness (QED) is 0.539. The third-order valence-electron chi connectivity index (χ3n) is 4.49. The van der Waals surface area contributed by atoms with Gasteiger partial charge in [0.2, 0.25) is 0 Å². The number of rotatable bonds is 3. The van der Waals surface area contributed by atoms with E-state index in [0.29, 0.717) is 11.5 Å². The summed E-state index contributed by atoms with van der Waals surface area (Å²) in [6, 6.07) is 21.2. The first kappa shape index (κ1) is 15.0. The van der Waals surface area contributed by atoms with Crippen molar-refractivity contribution in [3.05, 3.63) is 66.7 Å². The van der Waals surface area contributed by atoms with Crippen molar-refractivity contribution < 1.29 is 14.0 Å². The van der Waals surface area contributed by atoms with Crippen LogP contribution in [-0.2, 0) is 4.57 Å². The lowest BCUT2D eigenvalue weighted by Gasteiger charge is -2.18. The summed E-state index contributed by atoms with van der Waals surface area (Å²) in [7, 11) is 0.245. The molecule has 0 bridgehead atoms. The largest absolute Gasteiger partial charge is 0.496 e. The van der Waals surface area contributed by atoms with E-state index in [2.05, 4.69) is 0 Å². The van der Waals surface area contributed by atoms with Crippen molar-refractivity contribution in [1.82, 2.24) is 0 Å². The molecule has 0 aliphatic carbocycles. The zero-order valence-electron chi connectivity index (χ0n) is 13.5. The minimum Gasteiger partial charge on any atom is -0.496 e. The van der Waals surface area contributed by atoms with Crippen molar-refractivity contribution in [3.63, 3.8) is 0 Å². The Morgan fingerprint density at radius 3 is 2.08 bits per heavy atom. The third kappa shape index (κ3) is 1.88. The molecular formula is C20H17O3P. The van der Waals surface area contributed by atoms with Crippen LogP contribution in [0.3, 0.4) is 0 Å². The molecule has 120 valence electrons. The molecule has 0 N–H and O–H groups in total. The summed E-state index contributed by atoms with van der Waals surface area (Å²) in [6.45, 7) is 0. The second-order valence-electron chi connectivity index (χ2n) is 5.66. The molecule has 1 heterocycles. The number of ether oxygens (including phenoxy) is 2. The Labute approximate surface area is 141 Å². The predicted molar refractivity (Wildman–Crippen MR) is 97.9 cm³/mol. The van der Waals surface area contributed by atoms with Crippen LogP contribution < -0.4 is 25.4 Å². The summed E-state index contributed by atoms with van der Waals surface area (Å²) in [4.78, 5) is 0. The minimum absolute atomic E-state index is 0.634. The highest BCUT2D eigenvalue weighted by molar-refractivity contribution is 7.86. The van der Waals surface area contributed by atoms with Crippen molar-refractivity contribution in [3.8, 4) is 22.6 Å². The fourth-order valence-electron chi connectivity index (χ4n) is 3.45. The smallest absolute Gasteiger partial charge is 0.176 e. The first-order valence-electron chi connectivity index (χ1n) is 7.73. The van der Waals surface area contributed by atoms with Gasteiger partial charge in [-0.15, -0.1) is 0 Å². The van der Waals surface area contributed by atoms with Gasteiger partial charge in [0.05, 0.1) is 19.5 Å². The molecule has 4 heteroatoms. The Hall–Kier alpha value is -2.51. The average molecular weight is 336 g/mol. The van der Waals surface area contributed by atoms with Crippen LogP contribution in [0.5, 0.6) is 11.5 Å². The van der Waals surface area contributed by atoms with E-state index in [4.69, 9.17) is 9.47 Å². The van der Waals surface area contributed by atoms with E-state index in [1.165, 1.54) is 0 Å². The maximum Gasteiger partial charge on any atom is 0.176 e. The van der Waals surface area contributed by atoms with Crippen molar-refractivity contribution in [2.75, 3.05) is 14.2 Å². The van der Waals surface area contributed by atoms with Crippen LogP contribution in [0.1, 0.15) is 0 Å². The van der Waals surface area contributed by atoms with Crippen LogP contribution in [0.15, 0.2) is 66.7 Å². The zero-order chi connectivity index (χ0) is 16.7. The molecule has 0 aromatic heterocycles. The highest BCUT2D eigenvalue weighted by Crippen LogP contribution is 2.56. The monoisotopic (exact) mass is 336 g/mol. The Morgan fingerprint density at radius 2 is 1.38 bits per heavy atom. The Bertz CT molecular complexity index is 964. The fraction of sp³-hybridized carbons (Fsp3) is 0.100. The van der Waals surface area contributed by atoms with Gasteiger partial charge < -0.3 is 14.0 Å². The summed E-state index contributed by atoms with van der Waals surface area (Å²) >= 11 is 0. The topological polar surface area (TPSA) is 35.5 Å². The summed E-state index contributed by atoms with van der Waals surface area (Å²) in [5.74, 6) is 1.35. The highest BCUT2D eigenvalue weighted by Gasteiger charge is 2.44. The van der Waals surface area contributed by atoms with E-state index in [1.54, 1.807) is 14.2 Å². The average Bonchev–Trinajstić information content (AvgIpc) is 2.93. The summed E-state index contributed by atoms with van der Waals surface area (Å²) in [5.41, 5.74) is 1.83. The Morgan fingerprint density at radius 1 is 0.750 bits per heavy atom. The number of hydrogen-bond donors (Lipinski definition) is 0. The first-order chi connectivity index (χ1) is 11.7. The van der Waals surface area contributed by atoms with E-state index in [1.807, 2.05) is 66.7 Å². The van der Waals surface area contributed by atoms with Gasteiger partial charge in [-0.25, -0.2) is 0 Å². The molecule has 0 saturated carbocycles. The lowest BCUT2D eigenvalue weighted by Crippen LogP contribution is -2.22. The summed E-state index contributed by atoms with van der Waals surface area (Å²) in [5, 5.41) is 2.38. The van der Waals surface area contributed by atoms with E-state index < -0.39 is 7.14 Å². The maximum atomic E-state index is 14.4. The van der Waals surface area contributed by atoms with Gasteiger partial charge >= 0.3 is 0 Å². The minimum atomic E-state index is -3.00. The third-order valence-corrected chi connectivity index (χ3v) is 7.66. The van der Waals surface area contributed by atoms with E-state index >= 15 is 0 Å². The molecule has 3 aromatic rings. The SMILES string of the molecule is COc1ccc(OC)c2c1-c1ccccc1P2(=O)c1ccccc1. The fourth-order valence-corrected chi connectivity index (χ4v) is 6.66. The van der Waals surface area contributed by atoms with E-state index in [0.717, 1.165) is 27.0 Å². The normalized spacial score (nSPS) is 17.9. The number of methoxy groups -OCH3 is 2. The molecule has 0 spiro atoms. The molecule has 0 fully saturated rings. The molecule has 1 unspecified atom stereocenters. The van der Waals surface area contributed by atoms with Gasteiger partial charge in [0, 0.05) is 16.2 Å². The summed E-state index contributed by atoms with van der Waals surface area (Å²) < 4.78 is 25.5. The van der Waals surface area contributed by atoms with Crippen LogP contribution in [0.4, 0.5) is 0 Å². The van der Waals surface area contributed by atoms with Crippen molar-refractivity contribution >= 4 is 23.1 Å². The van der Waals surface area contributed by atoms with Crippen molar-refractivity contribution in [2.24, 2.45) is 0 Å². The van der Waals surface area contributed by atoms with Gasteiger partial charge in [-0.05, 0) is 17.7 Å².